The maximum Gasteiger partial charge on any atom is 0.313 e. The predicted molar refractivity (Wildman–Crippen MR) is 82.4 cm³/mol. The van der Waals surface area contributed by atoms with Gasteiger partial charge in [-0.1, -0.05) is 6.07 Å². The van der Waals surface area contributed by atoms with E-state index < -0.39 is 53.1 Å². The number of hydrogen-bond acceptors (Lipinski definition) is 4. The normalized spacial score (nSPS) is 12.6. The Hall–Kier alpha value is -3.04. The molecule has 0 saturated carbocycles. The zero-order valence-corrected chi connectivity index (χ0v) is 13.4. The molecule has 2 atom stereocenters. The number of halogens is 2. The number of aliphatic carboxylic acids is 1. The second-order valence-corrected chi connectivity index (χ2v) is 5.25. The van der Waals surface area contributed by atoms with Crippen LogP contribution in [0.25, 0.3) is 0 Å². The maximum absolute atomic E-state index is 13.4. The number of anilines is 1. The van der Waals surface area contributed by atoms with Gasteiger partial charge in [0.1, 0.15) is 23.4 Å². The van der Waals surface area contributed by atoms with Crippen LogP contribution in [0.2, 0.25) is 0 Å². The van der Waals surface area contributed by atoms with Crippen molar-refractivity contribution in [2.75, 3.05) is 5.32 Å². The Labute approximate surface area is 141 Å². The largest absolute Gasteiger partial charge is 0.481 e. The SMILES string of the molecule is C[C@H](CC(=O)O)NC(=O)[C@H](C)NC(=O)C(=O)Nc1c(F)cccc1F. The van der Waals surface area contributed by atoms with Gasteiger partial charge in [0.15, 0.2) is 0 Å². The van der Waals surface area contributed by atoms with Gasteiger partial charge in [-0.3, -0.25) is 19.2 Å². The molecule has 0 aliphatic carbocycles. The number of hydrogen-bond donors (Lipinski definition) is 4. The summed E-state index contributed by atoms with van der Waals surface area (Å²) in [6.45, 7) is 2.71. The monoisotopic (exact) mass is 357 g/mol. The van der Waals surface area contributed by atoms with Crippen molar-refractivity contribution >= 4 is 29.4 Å². The van der Waals surface area contributed by atoms with E-state index in [1.165, 1.54) is 13.8 Å². The Kier molecular flexibility index (Phi) is 6.97. The minimum absolute atomic E-state index is 0.320. The first-order chi connectivity index (χ1) is 11.6. The number of carboxylic acid groups (broad SMARTS) is 1. The second kappa shape index (κ2) is 8.71. The molecule has 0 unspecified atom stereocenters. The highest BCUT2D eigenvalue weighted by atomic mass is 19.1. The summed E-state index contributed by atoms with van der Waals surface area (Å²) in [7, 11) is 0. The molecule has 3 amide bonds. The lowest BCUT2D eigenvalue weighted by Crippen LogP contribution is -2.50. The lowest BCUT2D eigenvalue weighted by Gasteiger charge is -2.17. The van der Waals surface area contributed by atoms with Crippen molar-refractivity contribution < 1.29 is 33.1 Å². The number of para-hydroxylation sites is 1. The van der Waals surface area contributed by atoms with E-state index in [1.807, 2.05) is 5.32 Å². The summed E-state index contributed by atoms with van der Waals surface area (Å²) in [5.74, 6) is -6.59. The number of benzene rings is 1. The molecule has 0 saturated heterocycles. The summed E-state index contributed by atoms with van der Waals surface area (Å²) in [6, 6.07) is 1.03. The highest BCUT2D eigenvalue weighted by Gasteiger charge is 2.23. The molecule has 4 N–H and O–H groups in total. The standard InChI is InChI=1S/C15H17F2N3O5/c1-7(6-11(21)22)18-13(23)8(2)19-14(24)15(25)20-12-9(16)4-3-5-10(12)17/h3-5,7-8H,6H2,1-2H3,(H,18,23)(H,19,24)(H,20,25)(H,21,22)/t7-,8+/m1/s1. The van der Waals surface area contributed by atoms with E-state index >= 15 is 0 Å². The lowest BCUT2D eigenvalue weighted by molar-refractivity contribution is -0.138. The quantitative estimate of drug-likeness (QED) is 0.548. The fourth-order valence-corrected chi connectivity index (χ4v) is 1.80. The van der Waals surface area contributed by atoms with Gasteiger partial charge in [-0.25, -0.2) is 8.78 Å². The Bertz CT molecular complexity index is 675. The number of nitrogens with one attached hydrogen (secondary N) is 3. The summed E-state index contributed by atoms with van der Waals surface area (Å²) in [6.07, 6.45) is -0.320. The third kappa shape index (κ3) is 6.16. The first-order valence-electron chi connectivity index (χ1n) is 7.19. The molecule has 1 aromatic carbocycles. The second-order valence-electron chi connectivity index (χ2n) is 5.25. The van der Waals surface area contributed by atoms with E-state index in [1.54, 1.807) is 5.32 Å². The smallest absolute Gasteiger partial charge is 0.313 e. The Morgan fingerprint density at radius 1 is 1.04 bits per heavy atom. The van der Waals surface area contributed by atoms with E-state index in [-0.39, 0.29) is 6.42 Å². The Morgan fingerprint density at radius 2 is 1.60 bits per heavy atom. The first kappa shape index (κ1) is 20.0. The van der Waals surface area contributed by atoms with Crippen LogP contribution in [0.1, 0.15) is 20.3 Å². The Balaban J connectivity index is 2.61. The van der Waals surface area contributed by atoms with Crippen LogP contribution < -0.4 is 16.0 Å². The van der Waals surface area contributed by atoms with Crippen LogP contribution in [0.4, 0.5) is 14.5 Å². The third-order valence-electron chi connectivity index (χ3n) is 3.02. The van der Waals surface area contributed by atoms with Crippen LogP contribution in [0.5, 0.6) is 0 Å². The van der Waals surface area contributed by atoms with Crippen LogP contribution in [-0.4, -0.2) is 40.9 Å². The number of rotatable bonds is 6. The summed E-state index contributed by atoms with van der Waals surface area (Å²) in [4.78, 5) is 45.7. The van der Waals surface area contributed by atoms with Gasteiger partial charge in [0, 0.05) is 6.04 Å². The lowest BCUT2D eigenvalue weighted by atomic mass is 10.2. The molecule has 0 fully saturated rings. The Morgan fingerprint density at radius 3 is 2.12 bits per heavy atom. The van der Waals surface area contributed by atoms with Crippen molar-refractivity contribution in [1.29, 1.82) is 0 Å². The van der Waals surface area contributed by atoms with E-state index in [9.17, 15) is 28.0 Å². The zero-order valence-electron chi connectivity index (χ0n) is 13.4. The molecule has 0 aliphatic heterocycles. The molecule has 10 heteroatoms. The molecule has 0 bridgehead atoms. The van der Waals surface area contributed by atoms with Crippen LogP contribution in [0.15, 0.2) is 18.2 Å². The summed E-state index contributed by atoms with van der Waals surface area (Å²) in [5, 5.41) is 14.8. The van der Waals surface area contributed by atoms with E-state index in [2.05, 4.69) is 5.32 Å². The molecular formula is C15H17F2N3O5. The average molecular weight is 357 g/mol. The summed E-state index contributed by atoms with van der Waals surface area (Å²) >= 11 is 0. The fraction of sp³-hybridized carbons (Fsp3) is 0.333. The van der Waals surface area contributed by atoms with Gasteiger partial charge in [-0.15, -0.1) is 0 Å². The number of carbonyl (C=O) groups is 4. The minimum Gasteiger partial charge on any atom is -0.481 e. The first-order valence-corrected chi connectivity index (χ1v) is 7.19. The molecule has 0 aromatic heterocycles. The van der Waals surface area contributed by atoms with Crippen molar-refractivity contribution in [3.63, 3.8) is 0 Å². The molecular weight excluding hydrogens is 340 g/mol. The van der Waals surface area contributed by atoms with Crippen LogP contribution in [-0.2, 0) is 19.2 Å². The van der Waals surface area contributed by atoms with Crippen molar-refractivity contribution in [3.05, 3.63) is 29.8 Å². The highest BCUT2D eigenvalue weighted by molar-refractivity contribution is 6.40. The summed E-state index contributed by atoms with van der Waals surface area (Å²) < 4.78 is 26.8. The number of carboxylic acids is 1. The van der Waals surface area contributed by atoms with Crippen molar-refractivity contribution in [2.45, 2.75) is 32.4 Å². The minimum atomic E-state index is -1.36. The molecule has 8 nitrogen and oxygen atoms in total. The van der Waals surface area contributed by atoms with Gasteiger partial charge >= 0.3 is 17.8 Å². The summed E-state index contributed by atoms with van der Waals surface area (Å²) in [5.41, 5.74) is -0.783. The van der Waals surface area contributed by atoms with E-state index in [4.69, 9.17) is 5.11 Å². The molecule has 136 valence electrons. The van der Waals surface area contributed by atoms with Crippen LogP contribution >= 0.6 is 0 Å². The molecule has 1 aromatic rings. The highest BCUT2D eigenvalue weighted by Crippen LogP contribution is 2.17. The van der Waals surface area contributed by atoms with Gasteiger partial charge in [0.25, 0.3) is 0 Å². The van der Waals surface area contributed by atoms with Gasteiger partial charge in [0.2, 0.25) is 5.91 Å². The molecule has 0 spiro atoms. The maximum atomic E-state index is 13.4. The van der Waals surface area contributed by atoms with Crippen molar-refractivity contribution in [1.82, 2.24) is 10.6 Å². The van der Waals surface area contributed by atoms with E-state index in [0.29, 0.717) is 0 Å². The molecule has 1 rings (SSSR count). The van der Waals surface area contributed by atoms with Gasteiger partial charge in [0.05, 0.1) is 6.42 Å². The number of amides is 3. The molecule has 0 aliphatic rings. The average Bonchev–Trinajstić information content (AvgIpc) is 2.49. The third-order valence-corrected chi connectivity index (χ3v) is 3.02. The molecule has 0 radical (unpaired) electrons. The van der Waals surface area contributed by atoms with Crippen LogP contribution in [0.3, 0.4) is 0 Å². The molecule has 25 heavy (non-hydrogen) atoms. The zero-order chi connectivity index (χ0) is 19.1. The van der Waals surface area contributed by atoms with Crippen molar-refractivity contribution in [2.24, 2.45) is 0 Å². The fourth-order valence-electron chi connectivity index (χ4n) is 1.80. The topological polar surface area (TPSA) is 125 Å². The van der Waals surface area contributed by atoms with E-state index in [0.717, 1.165) is 18.2 Å². The predicted octanol–water partition coefficient (Wildman–Crippen LogP) is 0.387. The van der Waals surface area contributed by atoms with Gasteiger partial charge < -0.3 is 21.1 Å². The van der Waals surface area contributed by atoms with Gasteiger partial charge in [-0.05, 0) is 26.0 Å². The molecule has 0 heterocycles. The van der Waals surface area contributed by atoms with Crippen LogP contribution in [0, 0.1) is 11.6 Å². The number of carbonyl (C=O) groups excluding carboxylic acids is 3. The van der Waals surface area contributed by atoms with Gasteiger partial charge in [-0.2, -0.15) is 0 Å². The van der Waals surface area contributed by atoms with Crippen molar-refractivity contribution in [3.8, 4) is 0 Å².